The molecule has 2 aromatic carbocycles. The molecule has 3 rings (SSSR count). The maximum absolute atomic E-state index is 12.3. The van der Waals surface area contributed by atoms with E-state index >= 15 is 0 Å². The zero-order chi connectivity index (χ0) is 19.8. The molecule has 0 saturated heterocycles. The van der Waals surface area contributed by atoms with E-state index in [2.05, 4.69) is 21.7 Å². The number of fused-ring (bicyclic) bond motifs is 1. The Balaban J connectivity index is 1.47. The summed E-state index contributed by atoms with van der Waals surface area (Å²) in [4.78, 5) is 29.1. The van der Waals surface area contributed by atoms with Crippen molar-refractivity contribution in [3.8, 4) is 0 Å². The fourth-order valence-corrected chi connectivity index (χ4v) is 3.88. The predicted molar refractivity (Wildman–Crippen MR) is 114 cm³/mol. The number of carbonyl (C=O) groups excluding carboxylic acids is 2. The smallest absolute Gasteiger partial charge is 0.253 e. The van der Waals surface area contributed by atoms with Gasteiger partial charge in [0.25, 0.3) is 5.91 Å². The van der Waals surface area contributed by atoms with Gasteiger partial charge >= 0.3 is 0 Å². The number of para-hydroxylation sites is 2. The van der Waals surface area contributed by atoms with Crippen LogP contribution in [-0.2, 0) is 11.2 Å². The fourth-order valence-electron chi connectivity index (χ4n) is 2.87. The van der Waals surface area contributed by atoms with E-state index < -0.39 is 0 Å². The summed E-state index contributed by atoms with van der Waals surface area (Å²) >= 11 is 1.71. The highest BCUT2D eigenvalue weighted by atomic mass is 32.1. The van der Waals surface area contributed by atoms with Crippen molar-refractivity contribution in [2.45, 2.75) is 25.7 Å². The van der Waals surface area contributed by atoms with Crippen LogP contribution in [0.5, 0.6) is 0 Å². The number of nitrogens with one attached hydrogen (secondary N) is 2. The number of nitrogens with zero attached hydrogens (tertiary/aromatic N) is 1. The Morgan fingerprint density at radius 3 is 2.64 bits per heavy atom. The van der Waals surface area contributed by atoms with Crippen molar-refractivity contribution in [1.29, 1.82) is 0 Å². The first kappa shape index (κ1) is 20.0. The number of aromatic nitrogens is 1. The normalized spacial score (nSPS) is 10.8. The van der Waals surface area contributed by atoms with Crippen molar-refractivity contribution in [3.63, 3.8) is 0 Å². The molecule has 1 aromatic heterocycles. The minimum atomic E-state index is -0.239. The largest absolute Gasteiger partial charge is 0.351 e. The molecular formula is C21H24N4O2S. The van der Waals surface area contributed by atoms with Crippen LogP contribution < -0.4 is 16.4 Å². The number of anilines is 1. The average Bonchev–Trinajstić information content (AvgIpc) is 3.12. The minimum absolute atomic E-state index is 0.0941. The zero-order valence-corrected chi connectivity index (χ0v) is 16.4. The number of nitrogens with two attached hydrogens (primary N) is 1. The van der Waals surface area contributed by atoms with Crippen molar-refractivity contribution >= 4 is 39.1 Å². The molecule has 1 heterocycles. The van der Waals surface area contributed by atoms with Crippen molar-refractivity contribution in [2.24, 2.45) is 5.73 Å². The zero-order valence-electron chi connectivity index (χ0n) is 15.6. The number of thiazole rings is 1. The van der Waals surface area contributed by atoms with Gasteiger partial charge in [-0.1, -0.05) is 24.3 Å². The molecular weight excluding hydrogens is 372 g/mol. The molecule has 2 amide bonds. The van der Waals surface area contributed by atoms with Crippen LogP contribution in [0, 0.1) is 0 Å². The molecule has 146 valence electrons. The molecule has 0 unspecified atom stereocenters. The first-order chi connectivity index (χ1) is 13.7. The average molecular weight is 397 g/mol. The summed E-state index contributed by atoms with van der Waals surface area (Å²) in [5.74, 6) is -0.333. The predicted octanol–water partition coefficient (Wildman–Crippen LogP) is 3.34. The van der Waals surface area contributed by atoms with Gasteiger partial charge < -0.3 is 16.4 Å². The maximum Gasteiger partial charge on any atom is 0.253 e. The summed E-state index contributed by atoms with van der Waals surface area (Å²) in [6, 6.07) is 15.1. The third-order valence-electron chi connectivity index (χ3n) is 4.26. The summed E-state index contributed by atoms with van der Waals surface area (Å²) < 4.78 is 1.19. The quantitative estimate of drug-likeness (QED) is 0.483. The number of unbranched alkanes of at least 4 members (excludes halogenated alkanes) is 1. The van der Waals surface area contributed by atoms with E-state index in [1.807, 2.05) is 18.2 Å². The second kappa shape index (κ2) is 9.96. The number of benzene rings is 2. The van der Waals surface area contributed by atoms with Crippen molar-refractivity contribution in [1.82, 2.24) is 10.3 Å². The van der Waals surface area contributed by atoms with Gasteiger partial charge in [-0.25, -0.2) is 4.98 Å². The summed E-state index contributed by atoms with van der Waals surface area (Å²) in [6.45, 7) is 0.766. The first-order valence-electron chi connectivity index (χ1n) is 9.39. The van der Waals surface area contributed by atoms with Crippen molar-refractivity contribution in [2.75, 3.05) is 18.4 Å². The van der Waals surface area contributed by atoms with Crippen LogP contribution in [-0.4, -0.2) is 29.9 Å². The van der Waals surface area contributed by atoms with Gasteiger partial charge in [0.15, 0.2) is 0 Å². The van der Waals surface area contributed by atoms with E-state index in [-0.39, 0.29) is 11.8 Å². The molecule has 3 aromatic rings. The lowest BCUT2D eigenvalue weighted by atomic mass is 10.1. The highest BCUT2D eigenvalue weighted by Gasteiger charge is 2.12. The van der Waals surface area contributed by atoms with Gasteiger partial charge in [0, 0.05) is 19.5 Å². The summed E-state index contributed by atoms with van der Waals surface area (Å²) in [6.07, 6.45) is 2.93. The monoisotopic (exact) mass is 396 g/mol. The molecule has 0 saturated carbocycles. The third-order valence-corrected chi connectivity index (χ3v) is 5.35. The Bertz CT molecular complexity index is 921. The van der Waals surface area contributed by atoms with Gasteiger partial charge in [0.1, 0.15) is 0 Å². The molecule has 0 aliphatic heterocycles. The molecule has 0 fully saturated rings. The molecule has 0 aliphatic rings. The first-order valence-corrected chi connectivity index (χ1v) is 10.2. The molecule has 0 atom stereocenters. The van der Waals surface area contributed by atoms with Gasteiger partial charge in [-0.2, -0.15) is 0 Å². The summed E-state index contributed by atoms with van der Waals surface area (Å²) in [7, 11) is 0. The lowest BCUT2D eigenvalue weighted by Gasteiger charge is -2.11. The Morgan fingerprint density at radius 2 is 1.82 bits per heavy atom. The summed E-state index contributed by atoms with van der Waals surface area (Å²) in [5.41, 5.74) is 7.41. The second-order valence-corrected chi connectivity index (χ2v) is 7.54. The van der Waals surface area contributed by atoms with Crippen molar-refractivity contribution in [3.05, 3.63) is 59.1 Å². The Hall–Kier alpha value is -2.77. The van der Waals surface area contributed by atoms with E-state index in [0.29, 0.717) is 30.8 Å². The second-order valence-electron chi connectivity index (χ2n) is 6.42. The lowest BCUT2D eigenvalue weighted by molar-refractivity contribution is -0.116. The fraction of sp³-hybridized carbons (Fsp3) is 0.286. The van der Waals surface area contributed by atoms with Gasteiger partial charge in [0.05, 0.1) is 26.5 Å². The molecule has 7 heteroatoms. The molecule has 0 aliphatic carbocycles. The molecule has 0 radical (unpaired) electrons. The van der Waals surface area contributed by atoms with E-state index in [4.69, 9.17) is 5.73 Å². The Morgan fingerprint density at radius 1 is 1.04 bits per heavy atom. The van der Waals surface area contributed by atoms with Crippen LogP contribution in [0.4, 0.5) is 5.69 Å². The number of amides is 2. The number of hydrogen-bond donors (Lipinski definition) is 3. The van der Waals surface area contributed by atoms with Gasteiger partial charge in [0.2, 0.25) is 5.91 Å². The third kappa shape index (κ3) is 5.37. The van der Waals surface area contributed by atoms with Crippen LogP contribution in [0.25, 0.3) is 10.2 Å². The standard InChI is InChI=1S/C21H24N4O2S/c22-13-14-23-21(27)15-7-1-2-8-16(15)24-19(26)11-5-6-12-20-25-17-9-3-4-10-18(17)28-20/h1-4,7-10H,5-6,11-14,22H2,(H,23,27)(H,24,26). The SMILES string of the molecule is NCCNC(=O)c1ccccc1NC(=O)CCCCc1nc2ccccc2s1. The lowest BCUT2D eigenvalue weighted by Crippen LogP contribution is -2.29. The van der Waals surface area contributed by atoms with Gasteiger partial charge in [-0.15, -0.1) is 11.3 Å². The van der Waals surface area contributed by atoms with Crippen LogP contribution >= 0.6 is 11.3 Å². The molecule has 0 bridgehead atoms. The van der Waals surface area contributed by atoms with Crippen LogP contribution in [0.15, 0.2) is 48.5 Å². The summed E-state index contributed by atoms with van der Waals surface area (Å²) in [5, 5.41) is 6.67. The highest BCUT2D eigenvalue weighted by molar-refractivity contribution is 7.18. The van der Waals surface area contributed by atoms with Crippen LogP contribution in [0.1, 0.15) is 34.6 Å². The number of hydrogen-bond acceptors (Lipinski definition) is 5. The number of carbonyl (C=O) groups is 2. The maximum atomic E-state index is 12.3. The van der Waals surface area contributed by atoms with Gasteiger partial charge in [-0.3, -0.25) is 9.59 Å². The topological polar surface area (TPSA) is 97.1 Å². The number of aryl methyl sites for hydroxylation is 1. The molecule has 4 N–H and O–H groups in total. The van der Waals surface area contributed by atoms with Crippen LogP contribution in [0.3, 0.4) is 0 Å². The van der Waals surface area contributed by atoms with Gasteiger partial charge in [-0.05, 0) is 43.5 Å². The highest BCUT2D eigenvalue weighted by Crippen LogP contribution is 2.23. The van der Waals surface area contributed by atoms with E-state index in [1.165, 1.54) is 4.70 Å². The molecule has 6 nitrogen and oxygen atoms in total. The number of rotatable bonds is 9. The Labute approximate surface area is 168 Å². The van der Waals surface area contributed by atoms with E-state index in [0.717, 1.165) is 29.8 Å². The molecule has 28 heavy (non-hydrogen) atoms. The molecule has 0 spiro atoms. The van der Waals surface area contributed by atoms with E-state index in [9.17, 15) is 9.59 Å². The van der Waals surface area contributed by atoms with E-state index in [1.54, 1.807) is 35.6 Å². The minimum Gasteiger partial charge on any atom is -0.351 e. The van der Waals surface area contributed by atoms with Crippen molar-refractivity contribution < 1.29 is 9.59 Å². The van der Waals surface area contributed by atoms with Crippen LogP contribution in [0.2, 0.25) is 0 Å². The Kier molecular flexibility index (Phi) is 7.11.